The van der Waals surface area contributed by atoms with Gasteiger partial charge >= 0.3 is 0 Å². The molecule has 0 bridgehead atoms. The first-order chi connectivity index (χ1) is 7.74. The van der Waals surface area contributed by atoms with Crippen LogP contribution >= 0.6 is 0 Å². The molecule has 1 atom stereocenters. The summed E-state index contributed by atoms with van der Waals surface area (Å²) in [4.78, 5) is 19.9. The molecular formula is C11H16N4O. The molecule has 0 aromatic carbocycles. The van der Waals surface area contributed by atoms with Crippen molar-refractivity contribution in [3.8, 4) is 0 Å². The Morgan fingerprint density at radius 1 is 1.62 bits per heavy atom. The summed E-state index contributed by atoms with van der Waals surface area (Å²) in [7, 11) is 0. The van der Waals surface area contributed by atoms with Crippen LogP contribution in [0.4, 0.5) is 0 Å². The van der Waals surface area contributed by atoms with E-state index in [0.29, 0.717) is 6.42 Å². The molecule has 0 spiro atoms. The predicted molar refractivity (Wildman–Crippen MR) is 59.9 cm³/mol. The second-order valence-electron chi connectivity index (χ2n) is 4.09. The van der Waals surface area contributed by atoms with Crippen LogP contribution in [0.25, 0.3) is 0 Å². The van der Waals surface area contributed by atoms with E-state index in [0.717, 1.165) is 30.9 Å². The number of carbonyl (C=O) groups excluding carboxylic acids is 1. The number of carbonyl (C=O) groups is 1. The summed E-state index contributed by atoms with van der Waals surface area (Å²) in [6, 6.07) is 0.269. The Morgan fingerprint density at radius 2 is 2.50 bits per heavy atom. The van der Waals surface area contributed by atoms with E-state index >= 15 is 0 Å². The lowest BCUT2D eigenvalue weighted by Gasteiger charge is -2.10. The standard InChI is InChI=1S/C11H16N4O/c1-8-5-13-7-10(14-8)4-11(16)15-9-2-3-12-6-9/h5,7,9,12H,2-4,6H2,1H3,(H,15,16). The third kappa shape index (κ3) is 3.00. The van der Waals surface area contributed by atoms with Crippen LogP contribution in [-0.4, -0.2) is 35.0 Å². The molecule has 86 valence electrons. The Morgan fingerprint density at radius 3 is 3.19 bits per heavy atom. The molecule has 1 aliphatic heterocycles. The highest BCUT2D eigenvalue weighted by Gasteiger charge is 2.16. The number of nitrogens with one attached hydrogen (secondary N) is 2. The van der Waals surface area contributed by atoms with Gasteiger partial charge in [-0.3, -0.25) is 14.8 Å². The Labute approximate surface area is 94.7 Å². The van der Waals surface area contributed by atoms with E-state index in [4.69, 9.17) is 0 Å². The topological polar surface area (TPSA) is 66.9 Å². The number of hydrogen-bond acceptors (Lipinski definition) is 4. The molecule has 2 heterocycles. The van der Waals surface area contributed by atoms with Crippen molar-refractivity contribution < 1.29 is 4.79 Å². The van der Waals surface area contributed by atoms with Gasteiger partial charge in [-0.2, -0.15) is 0 Å². The first-order valence-corrected chi connectivity index (χ1v) is 5.51. The fraction of sp³-hybridized carbons (Fsp3) is 0.545. The molecule has 1 aliphatic rings. The predicted octanol–water partition coefficient (Wildman–Crippen LogP) is -0.194. The average Bonchev–Trinajstić information content (AvgIpc) is 2.70. The van der Waals surface area contributed by atoms with Crippen molar-refractivity contribution in [3.63, 3.8) is 0 Å². The Balaban J connectivity index is 1.86. The van der Waals surface area contributed by atoms with Crippen molar-refractivity contribution in [3.05, 3.63) is 23.8 Å². The normalized spacial score (nSPS) is 19.7. The Hall–Kier alpha value is -1.49. The lowest BCUT2D eigenvalue weighted by Crippen LogP contribution is -2.37. The second kappa shape index (κ2) is 5.03. The molecule has 1 amide bonds. The molecule has 1 aromatic rings. The van der Waals surface area contributed by atoms with Gasteiger partial charge in [0, 0.05) is 25.0 Å². The van der Waals surface area contributed by atoms with Gasteiger partial charge in [0.05, 0.1) is 17.8 Å². The number of aromatic nitrogens is 2. The molecule has 0 saturated carbocycles. The maximum atomic E-state index is 11.7. The summed E-state index contributed by atoms with van der Waals surface area (Å²) in [5.74, 6) is 0.0219. The van der Waals surface area contributed by atoms with E-state index in [1.165, 1.54) is 0 Å². The third-order valence-corrected chi connectivity index (χ3v) is 2.57. The van der Waals surface area contributed by atoms with Crippen LogP contribution in [0.1, 0.15) is 17.8 Å². The van der Waals surface area contributed by atoms with Crippen LogP contribution in [0.2, 0.25) is 0 Å². The number of hydrogen-bond donors (Lipinski definition) is 2. The quantitative estimate of drug-likeness (QED) is 0.740. The largest absolute Gasteiger partial charge is 0.352 e. The molecular weight excluding hydrogens is 204 g/mol. The van der Waals surface area contributed by atoms with Crippen LogP contribution < -0.4 is 10.6 Å². The molecule has 2 rings (SSSR count). The van der Waals surface area contributed by atoms with E-state index in [1.54, 1.807) is 12.4 Å². The minimum atomic E-state index is 0.0219. The molecule has 2 N–H and O–H groups in total. The fourth-order valence-electron chi connectivity index (χ4n) is 1.82. The van der Waals surface area contributed by atoms with Crippen LogP contribution in [0.5, 0.6) is 0 Å². The number of nitrogens with zero attached hydrogens (tertiary/aromatic N) is 2. The highest BCUT2D eigenvalue weighted by Crippen LogP contribution is 2.00. The molecule has 5 nitrogen and oxygen atoms in total. The minimum Gasteiger partial charge on any atom is -0.352 e. The van der Waals surface area contributed by atoms with E-state index in [1.807, 2.05) is 6.92 Å². The van der Waals surface area contributed by atoms with Gasteiger partial charge < -0.3 is 10.6 Å². The molecule has 1 aromatic heterocycles. The molecule has 1 unspecified atom stereocenters. The van der Waals surface area contributed by atoms with E-state index in [-0.39, 0.29) is 11.9 Å². The van der Waals surface area contributed by atoms with E-state index in [9.17, 15) is 4.79 Å². The third-order valence-electron chi connectivity index (χ3n) is 2.57. The molecule has 16 heavy (non-hydrogen) atoms. The van der Waals surface area contributed by atoms with Crippen molar-refractivity contribution >= 4 is 5.91 Å². The lowest BCUT2D eigenvalue weighted by molar-refractivity contribution is -0.121. The lowest BCUT2D eigenvalue weighted by atomic mass is 10.2. The number of rotatable bonds is 3. The number of aryl methyl sites for hydroxylation is 1. The average molecular weight is 220 g/mol. The molecule has 1 saturated heterocycles. The molecule has 1 fully saturated rings. The second-order valence-corrected chi connectivity index (χ2v) is 4.09. The zero-order valence-corrected chi connectivity index (χ0v) is 9.36. The van der Waals surface area contributed by atoms with Gasteiger partial charge in [-0.05, 0) is 19.9 Å². The summed E-state index contributed by atoms with van der Waals surface area (Å²) < 4.78 is 0. The highest BCUT2D eigenvalue weighted by molar-refractivity contribution is 5.78. The Bertz CT molecular complexity index is 374. The van der Waals surface area contributed by atoms with Gasteiger partial charge in [-0.15, -0.1) is 0 Å². The van der Waals surface area contributed by atoms with Gasteiger partial charge in [0.2, 0.25) is 5.91 Å². The summed E-state index contributed by atoms with van der Waals surface area (Å²) in [6.07, 6.45) is 4.64. The van der Waals surface area contributed by atoms with Gasteiger partial charge in [0.1, 0.15) is 0 Å². The fourth-order valence-corrected chi connectivity index (χ4v) is 1.82. The molecule has 0 aliphatic carbocycles. The number of amides is 1. The van der Waals surface area contributed by atoms with Crippen LogP contribution in [-0.2, 0) is 11.2 Å². The SMILES string of the molecule is Cc1cncc(CC(=O)NC2CCNC2)n1. The first-order valence-electron chi connectivity index (χ1n) is 5.51. The van der Waals surface area contributed by atoms with Crippen LogP contribution in [0.3, 0.4) is 0 Å². The van der Waals surface area contributed by atoms with E-state index in [2.05, 4.69) is 20.6 Å². The molecule has 0 radical (unpaired) electrons. The summed E-state index contributed by atoms with van der Waals surface area (Å²) in [6.45, 7) is 3.72. The highest BCUT2D eigenvalue weighted by atomic mass is 16.1. The minimum absolute atomic E-state index is 0.0219. The van der Waals surface area contributed by atoms with Crippen LogP contribution in [0.15, 0.2) is 12.4 Å². The summed E-state index contributed by atoms with van der Waals surface area (Å²) in [5.41, 5.74) is 1.57. The van der Waals surface area contributed by atoms with Crippen molar-refractivity contribution in [1.29, 1.82) is 0 Å². The van der Waals surface area contributed by atoms with Gasteiger partial charge in [-0.1, -0.05) is 0 Å². The smallest absolute Gasteiger partial charge is 0.226 e. The van der Waals surface area contributed by atoms with Gasteiger partial charge in [-0.25, -0.2) is 0 Å². The van der Waals surface area contributed by atoms with Crippen molar-refractivity contribution in [1.82, 2.24) is 20.6 Å². The van der Waals surface area contributed by atoms with Gasteiger partial charge in [0.25, 0.3) is 0 Å². The summed E-state index contributed by atoms with van der Waals surface area (Å²) in [5, 5.41) is 6.19. The van der Waals surface area contributed by atoms with Crippen LogP contribution in [0, 0.1) is 6.92 Å². The zero-order chi connectivity index (χ0) is 11.4. The zero-order valence-electron chi connectivity index (χ0n) is 9.36. The van der Waals surface area contributed by atoms with E-state index < -0.39 is 0 Å². The van der Waals surface area contributed by atoms with Crippen molar-refractivity contribution in [2.45, 2.75) is 25.8 Å². The maximum absolute atomic E-state index is 11.7. The Kier molecular flexibility index (Phi) is 3.46. The van der Waals surface area contributed by atoms with Crippen molar-refractivity contribution in [2.75, 3.05) is 13.1 Å². The molecule has 5 heteroatoms. The van der Waals surface area contributed by atoms with Gasteiger partial charge in [0.15, 0.2) is 0 Å². The summed E-state index contributed by atoms with van der Waals surface area (Å²) >= 11 is 0. The monoisotopic (exact) mass is 220 g/mol. The first kappa shape index (κ1) is 11.0. The van der Waals surface area contributed by atoms with Crippen molar-refractivity contribution in [2.24, 2.45) is 0 Å². The maximum Gasteiger partial charge on any atom is 0.226 e.